The third-order valence-corrected chi connectivity index (χ3v) is 5.38. The molecule has 2 rings (SSSR count). The number of hydrogen-bond donors (Lipinski definition) is 3. The lowest BCUT2D eigenvalue weighted by Gasteiger charge is -2.13. The van der Waals surface area contributed by atoms with Crippen LogP contribution < -0.4 is 16.6 Å². The van der Waals surface area contributed by atoms with Crippen molar-refractivity contribution in [2.45, 2.75) is 24.3 Å². The molecule has 0 spiro atoms. The molecule has 21 heavy (non-hydrogen) atoms. The van der Waals surface area contributed by atoms with Crippen molar-refractivity contribution < 1.29 is 21.6 Å². The van der Waals surface area contributed by atoms with Crippen LogP contribution >= 0.6 is 0 Å². The first-order valence-corrected chi connectivity index (χ1v) is 7.82. The Morgan fingerprint density at radius 1 is 1.33 bits per heavy atom. The molecule has 4 N–H and O–H groups in total. The van der Waals surface area contributed by atoms with Crippen LogP contribution in [0.25, 0.3) is 0 Å². The van der Waals surface area contributed by atoms with Gasteiger partial charge in [0, 0.05) is 12.6 Å². The summed E-state index contributed by atoms with van der Waals surface area (Å²) in [5.74, 6) is 3.47. The summed E-state index contributed by atoms with van der Waals surface area (Å²) in [5, 5.41) is 1.99. The van der Waals surface area contributed by atoms with Crippen molar-refractivity contribution in [3.05, 3.63) is 11.9 Å². The molecular weight excluding hydrogens is 311 g/mol. The van der Waals surface area contributed by atoms with Crippen molar-refractivity contribution >= 4 is 21.5 Å². The maximum absolute atomic E-state index is 12.6. The minimum atomic E-state index is -4.72. The SMILES string of the molecule is NNc1cc(NCC2CCCS2(=O)=O)nc(C(F)(F)F)n1. The number of nitrogen functional groups attached to an aromatic ring is 1. The highest BCUT2D eigenvalue weighted by molar-refractivity contribution is 7.92. The highest BCUT2D eigenvalue weighted by Gasteiger charge is 2.36. The third kappa shape index (κ3) is 3.73. The van der Waals surface area contributed by atoms with Crippen LogP contribution in [-0.4, -0.2) is 35.9 Å². The summed E-state index contributed by atoms with van der Waals surface area (Å²) < 4.78 is 61.2. The van der Waals surface area contributed by atoms with Gasteiger partial charge in [-0.25, -0.2) is 24.2 Å². The van der Waals surface area contributed by atoms with Crippen molar-refractivity contribution in [1.29, 1.82) is 0 Å². The number of sulfone groups is 1. The highest BCUT2D eigenvalue weighted by atomic mass is 32.2. The van der Waals surface area contributed by atoms with Crippen LogP contribution in [-0.2, 0) is 16.0 Å². The number of nitrogens with one attached hydrogen (secondary N) is 2. The van der Waals surface area contributed by atoms with Gasteiger partial charge in [-0.1, -0.05) is 0 Å². The molecule has 1 aliphatic heterocycles. The van der Waals surface area contributed by atoms with Crippen LogP contribution in [0.3, 0.4) is 0 Å². The highest BCUT2D eigenvalue weighted by Crippen LogP contribution is 2.28. The Balaban J connectivity index is 2.16. The van der Waals surface area contributed by atoms with Crippen molar-refractivity contribution in [3.8, 4) is 0 Å². The molecule has 0 saturated carbocycles. The van der Waals surface area contributed by atoms with E-state index < -0.39 is 27.1 Å². The van der Waals surface area contributed by atoms with E-state index in [0.717, 1.165) is 0 Å². The zero-order valence-electron chi connectivity index (χ0n) is 10.8. The summed E-state index contributed by atoms with van der Waals surface area (Å²) in [6, 6.07) is 1.18. The second-order valence-electron chi connectivity index (χ2n) is 4.62. The molecular formula is C10H14F3N5O2S. The molecule has 1 unspecified atom stereocenters. The number of nitrogens with two attached hydrogens (primary N) is 1. The Morgan fingerprint density at radius 2 is 2.00 bits per heavy atom. The fourth-order valence-electron chi connectivity index (χ4n) is 2.04. The number of rotatable bonds is 4. The van der Waals surface area contributed by atoms with Gasteiger partial charge >= 0.3 is 6.18 Å². The number of nitrogens with zero attached hydrogens (tertiary/aromatic N) is 2. The first-order chi connectivity index (χ1) is 9.72. The minimum Gasteiger partial charge on any atom is -0.369 e. The van der Waals surface area contributed by atoms with E-state index in [-0.39, 0.29) is 23.9 Å². The van der Waals surface area contributed by atoms with E-state index in [4.69, 9.17) is 5.84 Å². The molecule has 1 fully saturated rings. The number of halogens is 3. The predicted octanol–water partition coefficient (Wildman–Crippen LogP) is 0.770. The van der Waals surface area contributed by atoms with Crippen LogP contribution in [0.5, 0.6) is 0 Å². The van der Waals surface area contributed by atoms with Gasteiger partial charge in [0.15, 0.2) is 9.84 Å². The molecule has 1 saturated heterocycles. The Bertz CT molecular complexity index is 620. The number of anilines is 2. The predicted molar refractivity (Wildman–Crippen MR) is 70.1 cm³/mol. The van der Waals surface area contributed by atoms with Crippen molar-refractivity contribution in [1.82, 2.24) is 9.97 Å². The molecule has 0 aliphatic carbocycles. The number of aromatic nitrogens is 2. The first kappa shape index (κ1) is 15.8. The second-order valence-corrected chi connectivity index (χ2v) is 7.02. The molecule has 1 atom stereocenters. The Labute approximate surface area is 119 Å². The average Bonchev–Trinajstić information content (AvgIpc) is 2.74. The molecule has 0 radical (unpaired) electrons. The van der Waals surface area contributed by atoms with Gasteiger partial charge in [-0.3, -0.25) is 0 Å². The van der Waals surface area contributed by atoms with Gasteiger partial charge in [0.1, 0.15) is 11.6 Å². The lowest BCUT2D eigenvalue weighted by Crippen LogP contribution is -2.26. The van der Waals surface area contributed by atoms with Crippen LogP contribution in [0.2, 0.25) is 0 Å². The van der Waals surface area contributed by atoms with Gasteiger partial charge in [0.25, 0.3) is 0 Å². The van der Waals surface area contributed by atoms with E-state index in [9.17, 15) is 21.6 Å². The van der Waals surface area contributed by atoms with E-state index in [2.05, 4.69) is 15.3 Å². The summed E-state index contributed by atoms with van der Waals surface area (Å²) in [5.41, 5.74) is 2.01. The number of hydrogen-bond acceptors (Lipinski definition) is 7. The van der Waals surface area contributed by atoms with Crippen molar-refractivity contribution in [2.24, 2.45) is 5.84 Å². The molecule has 0 bridgehead atoms. The minimum absolute atomic E-state index is 0.000650. The lowest BCUT2D eigenvalue weighted by molar-refractivity contribution is -0.144. The van der Waals surface area contributed by atoms with Crippen molar-refractivity contribution in [2.75, 3.05) is 23.0 Å². The summed E-state index contributed by atoms with van der Waals surface area (Å²) in [7, 11) is -3.18. The third-order valence-electron chi connectivity index (χ3n) is 3.10. The maximum Gasteiger partial charge on any atom is 0.451 e. The molecule has 7 nitrogen and oxygen atoms in total. The topological polar surface area (TPSA) is 110 Å². The van der Waals surface area contributed by atoms with Gasteiger partial charge in [-0.2, -0.15) is 13.2 Å². The molecule has 11 heteroatoms. The largest absolute Gasteiger partial charge is 0.451 e. The molecule has 0 aromatic carbocycles. The van der Waals surface area contributed by atoms with E-state index in [1.165, 1.54) is 6.07 Å². The summed E-state index contributed by atoms with van der Waals surface area (Å²) in [6.07, 6.45) is -3.68. The number of alkyl halides is 3. The van der Waals surface area contributed by atoms with E-state index in [1.807, 2.05) is 5.43 Å². The Kier molecular flexibility index (Phi) is 4.23. The van der Waals surface area contributed by atoms with Gasteiger partial charge in [-0.15, -0.1) is 0 Å². The second kappa shape index (κ2) is 5.64. The van der Waals surface area contributed by atoms with Gasteiger partial charge in [-0.05, 0) is 12.8 Å². The lowest BCUT2D eigenvalue weighted by atomic mass is 10.2. The summed E-state index contributed by atoms with van der Waals surface area (Å²) in [6.45, 7) is 0.000650. The molecule has 118 valence electrons. The van der Waals surface area contributed by atoms with Crippen LogP contribution in [0.15, 0.2) is 6.07 Å². The maximum atomic E-state index is 12.6. The van der Waals surface area contributed by atoms with Crippen LogP contribution in [0, 0.1) is 0 Å². The summed E-state index contributed by atoms with van der Waals surface area (Å²) in [4.78, 5) is 6.52. The van der Waals surface area contributed by atoms with Crippen molar-refractivity contribution in [3.63, 3.8) is 0 Å². The fraction of sp³-hybridized carbons (Fsp3) is 0.600. The van der Waals surface area contributed by atoms with Gasteiger partial charge in [0.2, 0.25) is 5.82 Å². The normalized spacial score (nSPS) is 21.2. The first-order valence-electron chi connectivity index (χ1n) is 6.11. The zero-order valence-corrected chi connectivity index (χ0v) is 11.6. The smallest absolute Gasteiger partial charge is 0.369 e. The van der Waals surface area contributed by atoms with Gasteiger partial charge in [0.05, 0.1) is 11.0 Å². The quantitative estimate of drug-likeness (QED) is 0.554. The molecule has 1 aromatic rings. The van der Waals surface area contributed by atoms with E-state index >= 15 is 0 Å². The Morgan fingerprint density at radius 3 is 2.52 bits per heavy atom. The molecule has 1 aliphatic rings. The average molecular weight is 325 g/mol. The van der Waals surface area contributed by atoms with E-state index in [1.54, 1.807) is 0 Å². The zero-order chi connectivity index (χ0) is 15.7. The Hall–Kier alpha value is -1.62. The molecule has 0 amide bonds. The molecule has 1 aromatic heterocycles. The number of hydrazine groups is 1. The fourth-order valence-corrected chi connectivity index (χ4v) is 3.81. The summed E-state index contributed by atoms with van der Waals surface area (Å²) >= 11 is 0. The van der Waals surface area contributed by atoms with Crippen LogP contribution in [0.4, 0.5) is 24.8 Å². The van der Waals surface area contributed by atoms with E-state index in [0.29, 0.717) is 12.8 Å². The monoisotopic (exact) mass is 325 g/mol. The molecule has 2 heterocycles. The van der Waals surface area contributed by atoms with Gasteiger partial charge < -0.3 is 10.7 Å². The standard InChI is InChI=1S/C10H14F3N5O2S/c11-10(12,13)9-16-7(4-8(17-9)18-14)15-5-6-2-1-3-21(6,19)20/h4,6H,1-3,5,14H2,(H2,15,16,17,18). The van der Waals surface area contributed by atoms with Crippen LogP contribution in [0.1, 0.15) is 18.7 Å².